The van der Waals surface area contributed by atoms with E-state index in [2.05, 4.69) is 17.6 Å². The van der Waals surface area contributed by atoms with Crippen molar-refractivity contribution in [1.29, 1.82) is 0 Å². The van der Waals surface area contributed by atoms with E-state index < -0.39 is 5.69 Å². The zero-order chi connectivity index (χ0) is 10.8. The van der Waals surface area contributed by atoms with Crippen LogP contribution in [0.3, 0.4) is 0 Å². The average Bonchev–Trinajstić information content (AvgIpc) is 2.66. The summed E-state index contributed by atoms with van der Waals surface area (Å²) in [6.07, 6.45) is 2.95. The summed E-state index contributed by atoms with van der Waals surface area (Å²) in [4.78, 5) is 24.5. The summed E-state index contributed by atoms with van der Waals surface area (Å²) in [7, 11) is 0. The van der Waals surface area contributed by atoms with Gasteiger partial charge >= 0.3 is 5.69 Å². The first-order valence-corrected chi connectivity index (χ1v) is 5.42. The van der Waals surface area contributed by atoms with Crippen molar-refractivity contribution in [2.24, 2.45) is 0 Å². The van der Waals surface area contributed by atoms with Crippen LogP contribution in [0, 0.1) is 0 Å². The lowest BCUT2D eigenvalue weighted by atomic mass is 10.2. The van der Waals surface area contributed by atoms with Crippen molar-refractivity contribution in [3.8, 4) is 0 Å². The third-order valence-electron chi connectivity index (χ3n) is 2.45. The average molecular weight is 244 g/mol. The van der Waals surface area contributed by atoms with Crippen LogP contribution in [0.4, 0.5) is 0 Å². The Morgan fingerprint density at radius 2 is 2.25 bits per heavy atom. The second-order valence-corrected chi connectivity index (χ2v) is 3.86. The Morgan fingerprint density at radius 3 is 2.81 bits per heavy atom. The molecule has 1 fully saturated rings. The number of hydrogen-bond donors (Lipinski definition) is 2. The minimum Gasteiger partial charge on any atom is -0.354 e. The summed E-state index contributed by atoms with van der Waals surface area (Å²) >= 11 is 4.14. The molecule has 0 aromatic carbocycles. The molecule has 0 radical (unpaired) electrons. The molecule has 0 amide bonds. The maximum atomic E-state index is 11.4. The topological polar surface area (TPSA) is 64.1 Å². The second kappa shape index (κ2) is 5.36. The number of H-pyrrole nitrogens is 1. The first kappa shape index (κ1) is 13.1. The summed E-state index contributed by atoms with van der Waals surface area (Å²) in [5, 5.41) is 0. The van der Waals surface area contributed by atoms with Gasteiger partial charge < -0.3 is 4.74 Å². The van der Waals surface area contributed by atoms with Crippen molar-refractivity contribution in [3.63, 3.8) is 0 Å². The number of ether oxygens (including phenoxy) is 1. The molecule has 0 spiro atoms. The third-order valence-corrected chi connectivity index (χ3v) is 2.86. The minimum atomic E-state index is -0.424. The number of aromatic nitrogens is 2. The maximum Gasteiger partial charge on any atom is 0.330 e. The Kier molecular flexibility index (Phi) is 4.37. The molecule has 16 heavy (non-hydrogen) atoms. The van der Waals surface area contributed by atoms with Gasteiger partial charge in [0.15, 0.2) is 0 Å². The Balaban J connectivity index is 0.00000128. The van der Waals surface area contributed by atoms with Crippen LogP contribution >= 0.6 is 12.6 Å². The van der Waals surface area contributed by atoms with Crippen LogP contribution < -0.4 is 11.2 Å². The van der Waals surface area contributed by atoms with Gasteiger partial charge in [-0.25, -0.2) is 4.79 Å². The molecule has 0 saturated carbocycles. The highest BCUT2D eigenvalue weighted by atomic mass is 32.1. The molecular formula is C10H16N2O3S. The van der Waals surface area contributed by atoms with Crippen LogP contribution in [0.5, 0.6) is 0 Å². The molecule has 2 rings (SSSR count). The van der Waals surface area contributed by atoms with Gasteiger partial charge in [0.25, 0.3) is 5.56 Å². The molecule has 0 bridgehead atoms. The van der Waals surface area contributed by atoms with Gasteiger partial charge in [0, 0.05) is 18.0 Å². The molecule has 90 valence electrons. The zero-order valence-electron chi connectivity index (χ0n) is 8.05. The van der Waals surface area contributed by atoms with E-state index in [1.807, 2.05) is 0 Å². The van der Waals surface area contributed by atoms with E-state index in [9.17, 15) is 9.59 Å². The van der Waals surface area contributed by atoms with Gasteiger partial charge in [-0.1, -0.05) is 7.43 Å². The van der Waals surface area contributed by atoms with E-state index >= 15 is 0 Å². The maximum absolute atomic E-state index is 11.4. The number of hydrogen-bond acceptors (Lipinski definition) is 4. The van der Waals surface area contributed by atoms with Crippen LogP contribution in [-0.4, -0.2) is 21.4 Å². The number of aromatic amines is 1. The smallest absolute Gasteiger partial charge is 0.330 e. The van der Waals surface area contributed by atoms with E-state index in [0.717, 1.165) is 12.8 Å². The van der Waals surface area contributed by atoms with Gasteiger partial charge in [-0.05, 0) is 12.8 Å². The molecule has 2 heterocycles. The minimum absolute atomic E-state index is 0. The number of thiol groups is 1. The van der Waals surface area contributed by atoms with Crippen molar-refractivity contribution in [1.82, 2.24) is 9.55 Å². The molecule has 2 atom stereocenters. The molecule has 1 N–H and O–H groups in total. The highest BCUT2D eigenvalue weighted by Gasteiger charge is 2.25. The number of nitrogens with zero attached hydrogens (tertiary/aromatic N) is 1. The Bertz CT molecular complexity index is 454. The van der Waals surface area contributed by atoms with E-state index in [1.165, 1.54) is 16.8 Å². The van der Waals surface area contributed by atoms with Crippen molar-refractivity contribution >= 4 is 12.6 Å². The van der Waals surface area contributed by atoms with Crippen molar-refractivity contribution in [3.05, 3.63) is 33.1 Å². The normalized spacial score (nSPS) is 24.1. The fraction of sp³-hybridized carbons (Fsp3) is 0.600. The first-order chi connectivity index (χ1) is 7.20. The monoisotopic (exact) mass is 244 g/mol. The first-order valence-electron chi connectivity index (χ1n) is 4.78. The molecule has 1 aromatic heterocycles. The van der Waals surface area contributed by atoms with Gasteiger partial charge in [0.05, 0.1) is 6.10 Å². The Hall–Kier alpha value is -1.01. The Labute approximate surface area is 98.9 Å². The van der Waals surface area contributed by atoms with Gasteiger partial charge in [-0.15, -0.1) is 0 Å². The van der Waals surface area contributed by atoms with Gasteiger partial charge in [-0.2, -0.15) is 12.6 Å². The molecular weight excluding hydrogens is 228 g/mol. The van der Waals surface area contributed by atoms with Crippen molar-refractivity contribution < 1.29 is 4.74 Å². The standard InChI is InChI=1S/C9H12N2O3S.CH4/c12-7-3-4-11(9(13)10-7)8-2-1-6(5-15)14-8;/h3-4,6,8,15H,1-2,5H2,(H,10,12,13);1H4/t6-,8+;/m0./s1. The molecule has 1 aromatic rings. The quantitative estimate of drug-likeness (QED) is 0.756. The van der Waals surface area contributed by atoms with E-state index in [0.29, 0.717) is 5.75 Å². The molecule has 6 heteroatoms. The predicted molar refractivity (Wildman–Crippen MR) is 65.1 cm³/mol. The largest absolute Gasteiger partial charge is 0.354 e. The molecule has 1 saturated heterocycles. The fourth-order valence-corrected chi connectivity index (χ4v) is 1.95. The SMILES string of the molecule is C.O=c1ccn([C@H]2CC[C@@H](CS)O2)c(=O)[nH]1. The summed E-state index contributed by atoms with van der Waals surface area (Å²) in [6, 6.07) is 1.32. The van der Waals surface area contributed by atoms with Crippen LogP contribution in [0.1, 0.15) is 26.5 Å². The zero-order valence-corrected chi connectivity index (χ0v) is 8.94. The molecule has 0 aliphatic carbocycles. The lowest BCUT2D eigenvalue weighted by molar-refractivity contribution is 0.0102. The molecule has 1 aliphatic rings. The molecule has 0 unspecified atom stereocenters. The number of rotatable bonds is 2. The lowest BCUT2D eigenvalue weighted by Crippen LogP contribution is -2.31. The van der Waals surface area contributed by atoms with Crippen molar-refractivity contribution in [2.75, 3.05) is 5.75 Å². The van der Waals surface area contributed by atoms with Gasteiger partial charge in [0.1, 0.15) is 6.23 Å². The third kappa shape index (κ3) is 2.56. The van der Waals surface area contributed by atoms with E-state index in [-0.39, 0.29) is 25.3 Å². The van der Waals surface area contributed by atoms with Gasteiger partial charge in [-0.3, -0.25) is 14.3 Å². The van der Waals surface area contributed by atoms with E-state index in [4.69, 9.17) is 4.74 Å². The highest BCUT2D eigenvalue weighted by molar-refractivity contribution is 7.80. The predicted octanol–water partition coefficient (Wildman–Crippen LogP) is 0.780. The van der Waals surface area contributed by atoms with Crippen molar-refractivity contribution in [2.45, 2.75) is 32.6 Å². The van der Waals surface area contributed by atoms with Gasteiger partial charge in [0.2, 0.25) is 0 Å². The van der Waals surface area contributed by atoms with Crippen LogP contribution in [0.2, 0.25) is 0 Å². The number of nitrogens with one attached hydrogen (secondary N) is 1. The summed E-state index contributed by atoms with van der Waals surface area (Å²) in [5.41, 5.74) is -0.813. The molecule has 5 nitrogen and oxygen atoms in total. The fourth-order valence-electron chi connectivity index (χ4n) is 1.68. The lowest BCUT2D eigenvalue weighted by Gasteiger charge is -2.13. The van der Waals surface area contributed by atoms with E-state index in [1.54, 1.807) is 0 Å². The summed E-state index contributed by atoms with van der Waals surface area (Å²) in [6.45, 7) is 0. The second-order valence-electron chi connectivity index (χ2n) is 3.49. The Morgan fingerprint density at radius 1 is 1.50 bits per heavy atom. The van der Waals surface area contributed by atoms with Crippen LogP contribution in [0.15, 0.2) is 21.9 Å². The van der Waals surface area contributed by atoms with Crippen LogP contribution in [-0.2, 0) is 4.74 Å². The van der Waals surface area contributed by atoms with Crippen LogP contribution in [0.25, 0.3) is 0 Å². The summed E-state index contributed by atoms with van der Waals surface area (Å²) in [5.74, 6) is 0.647. The molecule has 1 aliphatic heterocycles. The highest BCUT2D eigenvalue weighted by Crippen LogP contribution is 2.27. The summed E-state index contributed by atoms with van der Waals surface area (Å²) < 4.78 is 6.99.